The lowest BCUT2D eigenvalue weighted by atomic mass is 10.1. The maximum absolute atomic E-state index is 13.2. The maximum atomic E-state index is 13.2. The van der Waals surface area contributed by atoms with E-state index in [2.05, 4.69) is 23.2 Å². The molecule has 168 valence electrons. The monoisotopic (exact) mass is 434 g/mol. The highest BCUT2D eigenvalue weighted by atomic mass is 16.5. The van der Waals surface area contributed by atoms with Crippen LogP contribution in [0.5, 0.6) is 5.75 Å². The van der Waals surface area contributed by atoms with Crippen LogP contribution in [0, 0.1) is 13.8 Å². The summed E-state index contributed by atoms with van der Waals surface area (Å²) >= 11 is 0. The molecule has 32 heavy (non-hydrogen) atoms. The molecule has 1 fully saturated rings. The molecule has 0 radical (unpaired) electrons. The van der Waals surface area contributed by atoms with E-state index in [0.717, 1.165) is 61.1 Å². The SMILES string of the molecule is COc1cccc(-c2cc(C(=O)NCCN3CCOCC3)n(-c3ccc(C)cc3C)n2)c1. The van der Waals surface area contributed by atoms with Gasteiger partial charge in [-0.05, 0) is 43.7 Å². The van der Waals surface area contributed by atoms with Crippen LogP contribution >= 0.6 is 0 Å². The molecule has 7 nitrogen and oxygen atoms in total. The largest absolute Gasteiger partial charge is 0.497 e. The zero-order valence-electron chi connectivity index (χ0n) is 18.9. The van der Waals surface area contributed by atoms with Crippen molar-refractivity contribution in [1.29, 1.82) is 0 Å². The van der Waals surface area contributed by atoms with Gasteiger partial charge in [0.1, 0.15) is 11.4 Å². The fraction of sp³-hybridized carbons (Fsp3) is 0.360. The minimum absolute atomic E-state index is 0.139. The van der Waals surface area contributed by atoms with Crippen LogP contribution in [0.3, 0.4) is 0 Å². The van der Waals surface area contributed by atoms with Crippen molar-refractivity contribution in [3.63, 3.8) is 0 Å². The number of morpholine rings is 1. The van der Waals surface area contributed by atoms with Crippen LogP contribution in [0.25, 0.3) is 16.9 Å². The first-order valence-electron chi connectivity index (χ1n) is 11.0. The van der Waals surface area contributed by atoms with Crippen molar-refractivity contribution in [2.45, 2.75) is 13.8 Å². The summed E-state index contributed by atoms with van der Waals surface area (Å²) in [7, 11) is 1.64. The summed E-state index contributed by atoms with van der Waals surface area (Å²) in [6, 6.07) is 15.7. The van der Waals surface area contributed by atoms with Gasteiger partial charge in [-0.2, -0.15) is 5.10 Å². The molecule has 3 aromatic rings. The van der Waals surface area contributed by atoms with Crippen molar-refractivity contribution in [3.05, 3.63) is 65.4 Å². The van der Waals surface area contributed by atoms with Gasteiger partial charge in [0, 0.05) is 31.7 Å². The third-order valence-corrected chi connectivity index (χ3v) is 5.71. The highest BCUT2D eigenvalue weighted by molar-refractivity contribution is 5.94. The van der Waals surface area contributed by atoms with E-state index in [1.807, 2.05) is 49.4 Å². The second-order valence-corrected chi connectivity index (χ2v) is 8.06. The predicted octanol–water partition coefficient (Wildman–Crippen LogP) is 3.23. The molecule has 1 saturated heterocycles. The molecular formula is C25H30N4O3. The lowest BCUT2D eigenvalue weighted by Gasteiger charge is -2.26. The third kappa shape index (κ3) is 5.00. The summed E-state index contributed by atoms with van der Waals surface area (Å²) in [6.07, 6.45) is 0. The van der Waals surface area contributed by atoms with Crippen LogP contribution in [0.2, 0.25) is 0 Å². The Kier molecular flexibility index (Phi) is 6.87. The van der Waals surface area contributed by atoms with Crippen molar-refractivity contribution >= 4 is 5.91 Å². The second-order valence-electron chi connectivity index (χ2n) is 8.06. The van der Waals surface area contributed by atoms with Crippen LogP contribution in [0.15, 0.2) is 48.5 Å². The predicted molar refractivity (Wildman–Crippen MR) is 125 cm³/mol. The third-order valence-electron chi connectivity index (χ3n) is 5.71. The van der Waals surface area contributed by atoms with Gasteiger partial charge >= 0.3 is 0 Å². The Hall–Kier alpha value is -3.16. The molecule has 1 N–H and O–H groups in total. The molecule has 1 aliphatic heterocycles. The highest BCUT2D eigenvalue weighted by Crippen LogP contribution is 2.26. The van der Waals surface area contributed by atoms with Crippen LogP contribution in [-0.4, -0.2) is 67.1 Å². The number of hydrogen-bond donors (Lipinski definition) is 1. The van der Waals surface area contributed by atoms with Gasteiger partial charge in [-0.25, -0.2) is 4.68 Å². The topological polar surface area (TPSA) is 68.6 Å². The molecular weight excluding hydrogens is 404 g/mol. The zero-order valence-corrected chi connectivity index (χ0v) is 18.9. The first-order chi connectivity index (χ1) is 15.5. The Morgan fingerprint density at radius 1 is 1.12 bits per heavy atom. The van der Waals surface area contributed by atoms with Gasteiger partial charge in [0.2, 0.25) is 0 Å². The molecule has 1 amide bonds. The summed E-state index contributed by atoms with van der Waals surface area (Å²) in [6.45, 7) is 8.76. The lowest BCUT2D eigenvalue weighted by Crippen LogP contribution is -2.41. The van der Waals surface area contributed by atoms with Gasteiger partial charge in [0.05, 0.1) is 31.7 Å². The van der Waals surface area contributed by atoms with Gasteiger partial charge in [0.15, 0.2) is 0 Å². The average molecular weight is 435 g/mol. The van der Waals surface area contributed by atoms with Crippen LogP contribution in [-0.2, 0) is 4.74 Å². The first-order valence-corrected chi connectivity index (χ1v) is 11.0. The number of nitrogens with one attached hydrogen (secondary N) is 1. The molecule has 4 rings (SSSR count). The summed E-state index contributed by atoms with van der Waals surface area (Å²) in [5, 5.41) is 7.88. The molecule has 1 aromatic heterocycles. The van der Waals surface area contributed by atoms with Gasteiger partial charge in [-0.15, -0.1) is 0 Å². The molecule has 7 heteroatoms. The number of benzene rings is 2. The number of aryl methyl sites for hydroxylation is 2. The van der Waals surface area contributed by atoms with Crippen molar-refractivity contribution < 1.29 is 14.3 Å². The maximum Gasteiger partial charge on any atom is 0.270 e. The molecule has 0 bridgehead atoms. The van der Waals surface area contributed by atoms with Crippen molar-refractivity contribution in [2.24, 2.45) is 0 Å². The number of carbonyl (C=O) groups is 1. The number of amides is 1. The smallest absolute Gasteiger partial charge is 0.270 e. The van der Waals surface area contributed by atoms with E-state index in [1.54, 1.807) is 11.8 Å². The molecule has 0 spiro atoms. The molecule has 2 heterocycles. The van der Waals surface area contributed by atoms with E-state index in [4.69, 9.17) is 14.6 Å². The van der Waals surface area contributed by atoms with E-state index in [-0.39, 0.29) is 5.91 Å². The fourth-order valence-corrected chi connectivity index (χ4v) is 3.94. The fourth-order valence-electron chi connectivity index (χ4n) is 3.94. The highest BCUT2D eigenvalue weighted by Gasteiger charge is 2.19. The van der Waals surface area contributed by atoms with Crippen LogP contribution in [0.1, 0.15) is 21.6 Å². The van der Waals surface area contributed by atoms with Gasteiger partial charge in [-0.3, -0.25) is 9.69 Å². The molecule has 0 saturated carbocycles. The summed E-state index contributed by atoms with van der Waals surface area (Å²) in [5.74, 6) is 0.611. The quantitative estimate of drug-likeness (QED) is 0.618. The number of rotatable bonds is 7. The van der Waals surface area contributed by atoms with E-state index in [9.17, 15) is 4.79 Å². The molecule has 2 aromatic carbocycles. The summed E-state index contributed by atoms with van der Waals surface area (Å²) < 4.78 is 12.5. The van der Waals surface area contributed by atoms with Gasteiger partial charge < -0.3 is 14.8 Å². The minimum Gasteiger partial charge on any atom is -0.497 e. The number of aromatic nitrogens is 2. The zero-order chi connectivity index (χ0) is 22.5. The molecule has 1 aliphatic rings. The second kappa shape index (κ2) is 9.97. The van der Waals surface area contributed by atoms with E-state index in [0.29, 0.717) is 12.2 Å². The van der Waals surface area contributed by atoms with Gasteiger partial charge in [-0.1, -0.05) is 29.8 Å². The number of hydrogen-bond acceptors (Lipinski definition) is 5. The number of ether oxygens (including phenoxy) is 2. The number of carbonyl (C=O) groups excluding carboxylic acids is 1. The standard InChI is InChI=1S/C25H30N4O3/c1-18-7-8-23(19(2)15-18)29-24(25(30)26-9-10-28-11-13-32-14-12-28)17-22(27-29)20-5-4-6-21(16-20)31-3/h4-8,15-17H,9-14H2,1-3H3,(H,26,30). The van der Waals surface area contributed by atoms with Crippen molar-refractivity contribution in [2.75, 3.05) is 46.5 Å². The number of methoxy groups -OCH3 is 1. The van der Waals surface area contributed by atoms with Crippen molar-refractivity contribution in [3.8, 4) is 22.7 Å². The minimum atomic E-state index is -0.139. The molecule has 0 unspecified atom stereocenters. The average Bonchev–Trinajstić information content (AvgIpc) is 3.25. The molecule has 0 atom stereocenters. The first kappa shape index (κ1) is 22.0. The Morgan fingerprint density at radius 2 is 1.94 bits per heavy atom. The normalized spacial score (nSPS) is 14.3. The van der Waals surface area contributed by atoms with Crippen LogP contribution in [0.4, 0.5) is 0 Å². The molecule has 0 aliphatic carbocycles. The Bertz CT molecular complexity index is 1090. The van der Waals surface area contributed by atoms with Gasteiger partial charge in [0.25, 0.3) is 5.91 Å². The van der Waals surface area contributed by atoms with Crippen LogP contribution < -0.4 is 10.1 Å². The Labute approximate surface area is 188 Å². The van der Waals surface area contributed by atoms with E-state index >= 15 is 0 Å². The van der Waals surface area contributed by atoms with Crippen molar-refractivity contribution in [1.82, 2.24) is 20.0 Å². The lowest BCUT2D eigenvalue weighted by molar-refractivity contribution is 0.0383. The Balaban J connectivity index is 1.62. The summed E-state index contributed by atoms with van der Waals surface area (Å²) in [5.41, 5.74) is 5.26. The number of nitrogens with zero attached hydrogens (tertiary/aromatic N) is 3. The Morgan fingerprint density at radius 3 is 2.69 bits per heavy atom. The van der Waals surface area contributed by atoms with E-state index in [1.165, 1.54) is 5.56 Å². The summed E-state index contributed by atoms with van der Waals surface area (Å²) in [4.78, 5) is 15.5. The van der Waals surface area contributed by atoms with E-state index < -0.39 is 0 Å².